The lowest BCUT2D eigenvalue weighted by atomic mass is 10.00. The molecule has 626 valence electrons. The number of methoxy groups -OCH3 is 1. The molecule has 112 heavy (non-hydrogen) atoms. The van der Waals surface area contributed by atoms with Gasteiger partial charge < -0.3 is 112 Å². The van der Waals surface area contributed by atoms with E-state index in [2.05, 4.69) is 183 Å². The molecular formula is C77H127BrN15O14P5. The number of nitrogens with two attached hydrogens (primary N) is 3. The Bertz CT molecular complexity index is 3980. The summed E-state index contributed by atoms with van der Waals surface area (Å²) in [7, 11) is 1.55. The minimum absolute atomic E-state index is 0.0165. The molecule has 9 aliphatic heterocycles. The molecule has 0 spiro atoms. The fourth-order valence-electron chi connectivity index (χ4n) is 13.0. The van der Waals surface area contributed by atoms with Gasteiger partial charge in [-0.05, 0) is 166 Å². The third kappa shape index (κ3) is 28.0. The molecule has 10 aliphatic rings. The second-order valence-electron chi connectivity index (χ2n) is 32.7. The van der Waals surface area contributed by atoms with Gasteiger partial charge in [0.1, 0.15) is 101 Å². The third-order valence-corrected chi connectivity index (χ3v) is 27.5. The van der Waals surface area contributed by atoms with Crippen LogP contribution in [0.5, 0.6) is 0 Å². The molecule has 4 fully saturated rings. The van der Waals surface area contributed by atoms with Crippen molar-refractivity contribution in [3.63, 3.8) is 0 Å². The molecule has 0 aromatic carbocycles. The largest absolute Gasteiger partial charge is 0.390 e. The number of halogens is 1. The van der Waals surface area contributed by atoms with E-state index in [1.807, 2.05) is 24.1 Å². The van der Waals surface area contributed by atoms with Gasteiger partial charge >= 0.3 is 0 Å². The Morgan fingerprint density at radius 1 is 0.464 bits per heavy atom. The topological polar surface area (TPSA) is 402 Å². The second-order valence-corrected chi connectivity index (χ2v) is 55.4. The Hall–Kier alpha value is -5.67. The molecule has 0 radical (unpaired) electrons. The number of nitrogens with one attached hydrogen (secondary N) is 2. The number of alkyl halides is 1. The quantitative estimate of drug-likeness (QED) is 0.0398. The molecule has 0 aromatic rings. The van der Waals surface area contributed by atoms with Crippen LogP contribution in [0.1, 0.15) is 52.9 Å². The highest BCUT2D eigenvalue weighted by atomic mass is 79.9. The van der Waals surface area contributed by atoms with Crippen molar-refractivity contribution < 1.29 is 69.0 Å². The van der Waals surface area contributed by atoms with Crippen LogP contribution in [0.4, 0.5) is 0 Å². The van der Waals surface area contributed by atoms with Crippen molar-refractivity contribution in [1.29, 1.82) is 0 Å². The lowest BCUT2D eigenvalue weighted by molar-refractivity contribution is -0.118. The highest BCUT2D eigenvalue weighted by molar-refractivity contribution is 9.09. The molecule has 5 unspecified atom stereocenters. The third-order valence-electron chi connectivity index (χ3n) is 19.2. The van der Waals surface area contributed by atoms with Gasteiger partial charge in [-0.2, -0.15) is 0 Å². The molecule has 35 heteroatoms. The Labute approximate surface area is 672 Å². The fourth-order valence-corrected chi connectivity index (χ4v) is 18.4. The lowest BCUT2D eigenvalue weighted by Crippen LogP contribution is -2.43. The molecular weight excluding hydrogens is 1590 g/mol. The normalized spacial score (nSPS) is 31.2. The number of ether oxygens (including phenoxy) is 5. The second kappa shape index (κ2) is 40.5. The number of aliphatic hydroxyl groups is 7. The maximum absolute atomic E-state index is 11.1. The number of carbonyl (C=O) groups is 2. The van der Waals surface area contributed by atoms with Crippen LogP contribution in [0.15, 0.2) is 160 Å². The number of carbonyl (C=O) groups excluding carboxylic acids is 2. The van der Waals surface area contributed by atoms with Gasteiger partial charge in [0.25, 0.3) is 0 Å². The first-order chi connectivity index (χ1) is 51.8. The molecule has 1 aliphatic carbocycles. The number of hydrogen-bond donors (Lipinski definition) is 12. The lowest BCUT2D eigenvalue weighted by Gasteiger charge is -2.32. The van der Waals surface area contributed by atoms with Crippen LogP contribution in [-0.2, 0) is 33.3 Å². The zero-order valence-corrected chi connectivity index (χ0v) is 73.8. The summed E-state index contributed by atoms with van der Waals surface area (Å²) in [4.78, 5) is 51.5. The highest BCUT2D eigenvalue weighted by Crippen LogP contribution is 2.45. The van der Waals surface area contributed by atoms with Crippen molar-refractivity contribution in [2.24, 2.45) is 48.1 Å². The minimum Gasteiger partial charge on any atom is -0.390 e. The monoisotopic (exact) mass is 1720 g/mol. The number of aliphatic imine (C=N–C) groups is 5. The molecule has 19 atom stereocenters. The number of hydrogen-bond acceptors (Lipinski definition) is 27. The Morgan fingerprint density at radius 2 is 0.795 bits per heavy atom. The van der Waals surface area contributed by atoms with E-state index in [0.29, 0.717) is 64.7 Å². The first kappa shape index (κ1) is 95.2. The fraction of sp³-hybridized carbons (Fsp3) is 0.558. The van der Waals surface area contributed by atoms with Crippen LogP contribution in [0.3, 0.4) is 0 Å². The van der Waals surface area contributed by atoms with Crippen molar-refractivity contribution in [2.75, 3.05) is 105 Å². The SMILES string of the molecule is C=C1N=C(N)C=CN1C1C=C(CCP(=C)(C)C)[C@@H](O)[C@H]1O.C=C1N=C(N)C=CN1C1O[C@H](CCP(=C)(C)C)[C@@H](O)[C@H]1Br.C=C1N=C(N)C=CN1C1O[C@H](CCP(=C)(C)C)[C@@H](O)[C@H]1C.C=C1N=C(NC(C)=O)C=CN1C1O[C@H](CCP(=C)(C)C)[C@@H](O)[C@H]1O.C=C1N=C(NC(C)=O)C=CN1C1O[C@H](CCP(=C)(C)C)[C@@H](O)[C@H]1OC. The van der Waals surface area contributed by atoms with Crippen LogP contribution < -0.4 is 27.8 Å². The average molecular weight is 1720 g/mol. The molecule has 4 saturated heterocycles. The van der Waals surface area contributed by atoms with Crippen LogP contribution in [0, 0.1) is 5.92 Å². The summed E-state index contributed by atoms with van der Waals surface area (Å²) in [5.74, 6) is 3.84. The molecule has 9 heterocycles. The number of amides is 2. The average Bonchev–Trinajstić information content (AvgIpc) is 1.67. The standard InChI is InChI=1S/C17H28N3O4P.C16H26N3O4P.C15H26N3O2P.C15H24N3O2P.C14H23BrN3O2P/c1-11-18-14(19-12(2)21)7-9-20(11)17-16(23-3)15(22)13(24-17)8-10-25(4,5)6;1-10-17-13(18-11(2)20)6-8-19(10)16-15(22)14(21)12(23-16)7-9-24(3,4)5;1-10-14(19)12(7-9-21(3,4)5)20-15(10)18-8-6-13(16)17-11(18)2;1-10-17-13(16)5-7-18(10)12-9-11(14(19)15(12)20)6-8-21(2,3)4;1-9-17-11(16)5-7-18(9)14-12(15)13(19)10(20-14)6-8-21(2,3)4/h7,9,13,15-17,22H,1,4,8,10H2,2-3,5-6H3,(H,18,19,21);6,8,12,14-16,21-22H,1,3,7,9H2,2,4-5H3,(H,17,18,20);6,8,10,12,14-15,19H,2-3,7,9H2,1,4-5H3,(H2,16,17);5,7,9,12,14-15,19-20H,1-2,6,8H2,3-4H3,(H2,16,17);5,7,10,12-14,19H,1-2,6,8H2,3-4H3,(H2,16,17)/t13-,15-,16-,17?;12-,14-,15-,16?;10-,12-,14+,15?;12?,14-,15+;10-,12-,13-,14?/m11111/s1. The van der Waals surface area contributed by atoms with Crippen molar-refractivity contribution in [2.45, 2.75) is 162 Å². The van der Waals surface area contributed by atoms with Crippen molar-refractivity contribution >= 4 is 123 Å². The van der Waals surface area contributed by atoms with Gasteiger partial charge in [-0.3, -0.25) is 9.59 Å². The van der Waals surface area contributed by atoms with Gasteiger partial charge in [0.15, 0.2) is 18.7 Å². The van der Waals surface area contributed by atoms with E-state index in [0.717, 1.165) is 62.1 Å². The van der Waals surface area contributed by atoms with Gasteiger partial charge in [0, 0.05) is 57.9 Å². The van der Waals surface area contributed by atoms with E-state index in [1.54, 1.807) is 81.9 Å². The Morgan fingerprint density at radius 3 is 1.19 bits per heavy atom. The first-order valence-electron chi connectivity index (χ1n) is 36.9. The molecule has 0 bridgehead atoms. The van der Waals surface area contributed by atoms with E-state index < -0.39 is 102 Å². The Balaban J connectivity index is 0.000000219. The number of amidine groups is 5. The van der Waals surface area contributed by atoms with Gasteiger partial charge in [-0.1, -0.05) is 61.8 Å². The molecule has 10 rings (SSSR count). The molecule has 15 N–H and O–H groups in total. The van der Waals surface area contributed by atoms with E-state index in [4.69, 9.17) is 40.9 Å². The van der Waals surface area contributed by atoms with Crippen LogP contribution in [-0.4, -0.2) is 346 Å². The zero-order valence-electron chi connectivity index (χ0n) is 67.8. The van der Waals surface area contributed by atoms with Crippen molar-refractivity contribution in [1.82, 2.24) is 35.1 Å². The maximum atomic E-state index is 11.1. The highest BCUT2D eigenvalue weighted by Gasteiger charge is 2.50. The Kier molecular flexibility index (Phi) is 34.4. The summed E-state index contributed by atoms with van der Waals surface area (Å²) in [5, 5.41) is 77.6. The molecule has 0 saturated carbocycles. The number of nitrogens with zero attached hydrogens (tertiary/aromatic N) is 10. The maximum Gasteiger partial charge on any atom is 0.222 e. The first-order valence-corrected chi connectivity index (χ1v) is 53.1. The zero-order chi connectivity index (χ0) is 84.2. The minimum atomic E-state index is -1.23. The van der Waals surface area contributed by atoms with Crippen LogP contribution in [0.25, 0.3) is 0 Å². The molecule has 0 aromatic heterocycles. The van der Waals surface area contributed by atoms with E-state index in [1.165, 1.54) is 13.8 Å². The molecule has 2 amide bonds. The summed E-state index contributed by atoms with van der Waals surface area (Å²) in [6.07, 6.45) is 39.3. The van der Waals surface area contributed by atoms with Gasteiger partial charge in [0.2, 0.25) is 11.8 Å². The van der Waals surface area contributed by atoms with Gasteiger partial charge in [-0.15, -0.1) is 65.9 Å². The van der Waals surface area contributed by atoms with E-state index >= 15 is 0 Å². The predicted molar refractivity (Wildman–Crippen MR) is 476 cm³/mol. The van der Waals surface area contributed by atoms with Crippen LogP contribution >= 0.6 is 50.4 Å². The smallest absolute Gasteiger partial charge is 0.222 e. The van der Waals surface area contributed by atoms with Crippen molar-refractivity contribution in [3.8, 4) is 0 Å². The van der Waals surface area contributed by atoms with Crippen molar-refractivity contribution in [3.05, 3.63) is 135 Å². The molecule has 29 nitrogen and oxygen atoms in total. The van der Waals surface area contributed by atoms with Crippen LogP contribution in [0.2, 0.25) is 0 Å². The summed E-state index contributed by atoms with van der Waals surface area (Å²) < 4.78 is 29.5. The van der Waals surface area contributed by atoms with E-state index in [9.17, 15) is 45.3 Å². The number of rotatable bonds is 21. The van der Waals surface area contributed by atoms with E-state index in [-0.39, 0.29) is 59.4 Å². The van der Waals surface area contributed by atoms with Gasteiger partial charge in [0.05, 0.1) is 47.5 Å². The summed E-state index contributed by atoms with van der Waals surface area (Å²) in [5.41, 5.74) is 17.8. The predicted octanol–water partition coefficient (Wildman–Crippen LogP) is 5.22. The summed E-state index contributed by atoms with van der Waals surface area (Å²) in [6, 6.07) is -0.359. The summed E-state index contributed by atoms with van der Waals surface area (Å²) in [6.45, 7) is 40.0. The van der Waals surface area contributed by atoms with Gasteiger partial charge in [-0.25, -0.2) is 25.0 Å². The summed E-state index contributed by atoms with van der Waals surface area (Å²) >= 11 is 3.53. The number of aliphatic hydroxyl groups excluding tert-OH is 7.